The maximum absolute atomic E-state index is 10.0. The Morgan fingerprint density at radius 1 is 0.405 bits per heavy atom. The molecule has 0 aromatic heterocycles. The third-order valence-corrected chi connectivity index (χ3v) is 5.37. The van der Waals surface area contributed by atoms with Gasteiger partial charge in [0.25, 0.3) is 0 Å². The molecule has 7 heteroatoms. The molecule has 0 aliphatic carbocycles. The molecule has 0 aliphatic rings. The first-order valence-corrected chi connectivity index (χ1v) is 13.7. The van der Waals surface area contributed by atoms with Gasteiger partial charge in [0.05, 0.1) is 0 Å². The summed E-state index contributed by atoms with van der Waals surface area (Å²) >= 11 is 0. The number of aliphatic carboxylic acids is 3. The van der Waals surface area contributed by atoms with Gasteiger partial charge in [0.1, 0.15) is 0 Å². The van der Waals surface area contributed by atoms with E-state index in [4.69, 9.17) is 0 Å². The van der Waals surface area contributed by atoms with Crippen molar-refractivity contribution in [3.8, 4) is 0 Å². The molecule has 6 nitrogen and oxygen atoms in total. The van der Waals surface area contributed by atoms with Gasteiger partial charge >= 0.3 is 17.4 Å². The van der Waals surface area contributed by atoms with Gasteiger partial charge in [-0.05, 0) is 77.0 Å². The maximum atomic E-state index is 10.0. The molecule has 0 unspecified atom stereocenters. The van der Waals surface area contributed by atoms with Crippen LogP contribution in [0.15, 0.2) is 38.0 Å². The fourth-order valence-corrected chi connectivity index (χ4v) is 3.27. The molecule has 0 fully saturated rings. The molecule has 0 atom stereocenters. The van der Waals surface area contributed by atoms with E-state index in [-0.39, 0.29) is 36.6 Å². The number of carbonyl (C=O) groups excluding carboxylic acids is 3. The normalized spacial score (nSPS) is 9.41. The van der Waals surface area contributed by atoms with Crippen molar-refractivity contribution in [2.24, 2.45) is 0 Å². The largest absolute Gasteiger partial charge is 3.00 e. The van der Waals surface area contributed by atoms with Crippen LogP contribution < -0.4 is 15.3 Å². The second-order valence-corrected chi connectivity index (χ2v) is 8.90. The Kier molecular flexibility index (Phi) is 44.2. The van der Waals surface area contributed by atoms with E-state index in [1.54, 1.807) is 0 Å². The molecule has 0 N–H and O–H groups in total. The first-order chi connectivity index (χ1) is 17.3. The molecule has 0 bridgehead atoms. The van der Waals surface area contributed by atoms with Crippen LogP contribution in [0.25, 0.3) is 0 Å². The van der Waals surface area contributed by atoms with Crippen LogP contribution in [0, 0.1) is 0 Å². The minimum atomic E-state index is -0.930. The Labute approximate surface area is 237 Å². The Balaban J connectivity index is -0.000000218. The van der Waals surface area contributed by atoms with Gasteiger partial charge in [-0.1, -0.05) is 76.0 Å². The molecule has 0 rings (SSSR count). The zero-order valence-electron chi connectivity index (χ0n) is 23.2. The number of hydrogen-bond donors (Lipinski definition) is 0. The number of unbranched alkanes of at least 4 members (excludes halogenated alkanes) is 15. The number of carboxylic acid groups (broad SMARTS) is 3. The number of carbonyl (C=O) groups is 3. The number of carboxylic acids is 3. The topological polar surface area (TPSA) is 120 Å². The summed E-state index contributed by atoms with van der Waals surface area (Å²) in [6.45, 7) is 10.9. The van der Waals surface area contributed by atoms with Crippen molar-refractivity contribution in [3.05, 3.63) is 38.0 Å². The second kappa shape index (κ2) is 38.7. The van der Waals surface area contributed by atoms with Crippen LogP contribution in [-0.4, -0.2) is 35.3 Å². The maximum Gasteiger partial charge on any atom is 3.00 e. The Morgan fingerprint density at radius 2 is 0.595 bits per heavy atom. The molecule has 210 valence electrons. The van der Waals surface area contributed by atoms with Crippen LogP contribution in [0.3, 0.4) is 0 Å². The minimum absolute atomic E-state index is 0. The minimum Gasteiger partial charge on any atom is -0.550 e. The standard InChI is InChI=1S/3C10H18O2.Al/c3*1-2-3-4-5-6-7-8-9-10(11)12;/h3*2H,1,3-9H2,(H,11,12);/q;;;+3/p-3. The van der Waals surface area contributed by atoms with Crippen LogP contribution in [-0.2, 0) is 14.4 Å². The molecule has 0 aliphatic heterocycles. The van der Waals surface area contributed by atoms with Gasteiger partial charge in [-0.2, -0.15) is 0 Å². The average molecular weight is 535 g/mol. The predicted octanol–water partition coefficient (Wildman–Crippen LogP) is 4.58. The van der Waals surface area contributed by atoms with Gasteiger partial charge in [-0.15, -0.1) is 19.7 Å². The van der Waals surface area contributed by atoms with Crippen molar-refractivity contribution in [1.82, 2.24) is 0 Å². The van der Waals surface area contributed by atoms with Gasteiger partial charge in [0.15, 0.2) is 0 Å². The second-order valence-electron chi connectivity index (χ2n) is 8.90. The average Bonchev–Trinajstić information content (AvgIpc) is 2.83. The summed E-state index contributed by atoms with van der Waals surface area (Å²) in [5, 5.41) is 30.0. The fraction of sp³-hybridized carbons (Fsp3) is 0.700. The summed E-state index contributed by atoms with van der Waals surface area (Å²) in [6.07, 6.45) is 25.3. The first kappa shape index (κ1) is 42.3. The van der Waals surface area contributed by atoms with Gasteiger partial charge < -0.3 is 29.7 Å². The molecule has 0 aromatic rings. The number of allylic oxidation sites excluding steroid dienone is 3. The van der Waals surface area contributed by atoms with E-state index >= 15 is 0 Å². The van der Waals surface area contributed by atoms with Crippen molar-refractivity contribution >= 4 is 35.3 Å². The van der Waals surface area contributed by atoms with E-state index in [1.165, 1.54) is 38.5 Å². The van der Waals surface area contributed by atoms with E-state index in [0.29, 0.717) is 0 Å². The van der Waals surface area contributed by atoms with Crippen LogP contribution in [0.5, 0.6) is 0 Å². The Hall–Kier alpha value is -1.84. The summed E-state index contributed by atoms with van der Waals surface area (Å²) in [4.78, 5) is 30.0. The summed E-state index contributed by atoms with van der Waals surface area (Å²) in [5.74, 6) is -2.79. The smallest absolute Gasteiger partial charge is 0.550 e. The third-order valence-electron chi connectivity index (χ3n) is 5.37. The molecule has 0 radical (unpaired) electrons. The van der Waals surface area contributed by atoms with E-state index in [9.17, 15) is 29.7 Å². The zero-order chi connectivity index (χ0) is 27.7. The van der Waals surface area contributed by atoms with Crippen molar-refractivity contribution in [1.29, 1.82) is 0 Å². The molecule has 0 aromatic carbocycles. The molecular weight excluding hydrogens is 483 g/mol. The molecule has 37 heavy (non-hydrogen) atoms. The quantitative estimate of drug-likeness (QED) is 0.102. The molecule has 0 amide bonds. The molecular formula is C30H51AlO6. The van der Waals surface area contributed by atoms with Crippen molar-refractivity contribution in [2.75, 3.05) is 0 Å². The zero-order valence-corrected chi connectivity index (χ0v) is 24.4. The number of hydrogen-bond acceptors (Lipinski definition) is 6. The summed E-state index contributed by atoms with van der Waals surface area (Å²) in [7, 11) is 0. The molecule has 0 saturated carbocycles. The predicted molar refractivity (Wildman–Crippen MR) is 148 cm³/mol. The van der Waals surface area contributed by atoms with Gasteiger partial charge in [-0.3, -0.25) is 0 Å². The van der Waals surface area contributed by atoms with E-state index < -0.39 is 17.9 Å². The Morgan fingerprint density at radius 3 is 0.784 bits per heavy atom. The SMILES string of the molecule is C=CCCCCCCCC(=O)[O-].C=CCCCCCCCC(=O)[O-].C=CCCCCCCCC(=O)[O-].[Al+3]. The third kappa shape index (κ3) is 55.8. The number of rotatable bonds is 24. The van der Waals surface area contributed by atoms with Crippen molar-refractivity contribution < 1.29 is 29.7 Å². The fourth-order valence-electron chi connectivity index (χ4n) is 3.27. The molecule has 0 spiro atoms. The van der Waals surface area contributed by atoms with Crippen LogP contribution in [0.4, 0.5) is 0 Å². The van der Waals surface area contributed by atoms with Gasteiger partial charge in [0, 0.05) is 17.9 Å². The van der Waals surface area contributed by atoms with E-state index in [1.807, 2.05) is 18.2 Å². The summed E-state index contributed by atoms with van der Waals surface area (Å²) in [6, 6.07) is 0. The summed E-state index contributed by atoms with van der Waals surface area (Å²) in [5.41, 5.74) is 0. The van der Waals surface area contributed by atoms with Crippen LogP contribution in [0.2, 0.25) is 0 Å². The Bertz CT molecular complexity index is 472. The first-order valence-electron chi connectivity index (χ1n) is 13.7. The van der Waals surface area contributed by atoms with Gasteiger partial charge in [-0.25, -0.2) is 0 Å². The van der Waals surface area contributed by atoms with Gasteiger partial charge in [0.2, 0.25) is 0 Å². The van der Waals surface area contributed by atoms with Crippen LogP contribution >= 0.6 is 0 Å². The monoisotopic (exact) mass is 534 g/mol. The summed E-state index contributed by atoms with van der Waals surface area (Å²) < 4.78 is 0. The molecule has 0 heterocycles. The van der Waals surface area contributed by atoms with E-state index in [0.717, 1.165) is 77.0 Å². The molecule has 0 saturated heterocycles. The van der Waals surface area contributed by atoms with E-state index in [2.05, 4.69) is 19.7 Å². The van der Waals surface area contributed by atoms with Crippen molar-refractivity contribution in [2.45, 2.75) is 135 Å². The van der Waals surface area contributed by atoms with Crippen molar-refractivity contribution in [3.63, 3.8) is 0 Å². The van der Waals surface area contributed by atoms with Crippen LogP contribution in [0.1, 0.15) is 135 Å².